The van der Waals surface area contributed by atoms with Gasteiger partial charge in [0.2, 0.25) is 5.91 Å². The topological polar surface area (TPSA) is 53.4 Å². The number of hydrogen-bond acceptors (Lipinski definition) is 3. The highest BCUT2D eigenvalue weighted by Crippen LogP contribution is 2.50. The Hall–Kier alpha value is -1.91. The average molecular weight is 331 g/mol. The molecular weight excluding hydrogens is 312 g/mol. The molecule has 2 atom stereocenters. The highest BCUT2D eigenvalue weighted by atomic mass is 35.5. The summed E-state index contributed by atoms with van der Waals surface area (Å²) < 4.78 is 0. The third-order valence-electron chi connectivity index (χ3n) is 4.19. The number of aromatic nitrogens is 1. The molecule has 5 heteroatoms. The first-order valence-corrected chi connectivity index (χ1v) is 8.11. The fourth-order valence-electron chi connectivity index (χ4n) is 2.92. The lowest BCUT2D eigenvalue weighted by Gasteiger charge is -2.22. The van der Waals surface area contributed by atoms with Crippen LogP contribution in [-0.2, 0) is 11.3 Å². The maximum atomic E-state index is 12.7. The van der Waals surface area contributed by atoms with Crippen LogP contribution in [0.2, 0.25) is 5.02 Å². The molecule has 23 heavy (non-hydrogen) atoms. The summed E-state index contributed by atoms with van der Waals surface area (Å²) in [6.45, 7) is 0.758. The van der Waals surface area contributed by atoms with E-state index in [2.05, 4.69) is 4.98 Å². The summed E-state index contributed by atoms with van der Waals surface area (Å²) in [7, 11) is 0. The van der Waals surface area contributed by atoms with Gasteiger partial charge in [-0.25, -0.2) is 0 Å². The number of hydrogen-bond donors (Lipinski definition) is 1. The van der Waals surface area contributed by atoms with Crippen molar-refractivity contribution in [3.63, 3.8) is 0 Å². The maximum Gasteiger partial charge on any atom is 0.226 e. The monoisotopic (exact) mass is 330 g/mol. The number of aliphatic hydroxyl groups is 1. The smallest absolute Gasteiger partial charge is 0.226 e. The van der Waals surface area contributed by atoms with E-state index in [0.717, 1.165) is 17.5 Å². The summed E-state index contributed by atoms with van der Waals surface area (Å²) >= 11 is 6.23. The molecule has 120 valence electrons. The van der Waals surface area contributed by atoms with Crippen LogP contribution in [0.3, 0.4) is 0 Å². The maximum absolute atomic E-state index is 12.7. The molecule has 1 aromatic heterocycles. The molecule has 3 rings (SSSR count). The fraction of sp³-hybridized carbons (Fsp3) is 0.333. The molecule has 2 aromatic rings. The molecule has 1 aromatic carbocycles. The highest BCUT2D eigenvalue weighted by molar-refractivity contribution is 6.31. The third kappa shape index (κ3) is 3.71. The molecule has 0 saturated heterocycles. The van der Waals surface area contributed by atoms with Crippen molar-refractivity contribution in [3.05, 3.63) is 64.9 Å². The largest absolute Gasteiger partial charge is 0.395 e. The third-order valence-corrected chi connectivity index (χ3v) is 4.53. The Morgan fingerprint density at radius 3 is 2.83 bits per heavy atom. The molecule has 1 saturated carbocycles. The Morgan fingerprint density at radius 2 is 2.13 bits per heavy atom. The van der Waals surface area contributed by atoms with Crippen LogP contribution in [0.25, 0.3) is 0 Å². The van der Waals surface area contributed by atoms with Crippen molar-refractivity contribution >= 4 is 17.5 Å². The lowest BCUT2D eigenvalue weighted by molar-refractivity contribution is -0.133. The molecule has 1 aliphatic rings. The molecule has 2 unspecified atom stereocenters. The SMILES string of the molecule is O=C(C1CC1c1ccccc1Cl)N(CCO)Cc1cccnc1. The van der Waals surface area contributed by atoms with E-state index in [1.54, 1.807) is 17.3 Å². The molecule has 0 bridgehead atoms. The van der Waals surface area contributed by atoms with Crippen LogP contribution in [0.15, 0.2) is 48.8 Å². The van der Waals surface area contributed by atoms with Gasteiger partial charge in [-0.05, 0) is 35.6 Å². The highest BCUT2D eigenvalue weighted by Gasteiger charge is 2.46. The van der Waals surface area contributed by atoms with Crippen molar-refractivity contribution in [1.82, 2.24) is 9.88 Å². The van der Waals surface area contributed by atoms with Gasteiger partial charge in [0.1, 0.15) is 0 Å². The molecule has 0 spiro atoms. The second kappa shape index (κ2) is 7.11. The van der Waals surface area contributed by atoms with E-state index >= 15 is 0 Å². The van der Waals surface area contributed by atoms with Crippen LogP contribution < -0.4 is 0 Å². The minimum Gasteiger partial charge on any atom is -0.395 e. The first-order valence-electron chi connectivity index (χ1n) is 7.73. The summed E-state index contributed by atoms with van der Waals surface area (Å²) in [4.78, 5) is 18.5. The zero-order chi connectivity index (χ0) is 16.2. The predicted octanol–water partition coefficient (Wildman–Crippen LogP) is 2.86. The van der Waals surface area contributed by atoms with Crippen LogP contribution in [0.4, 0.5) is 0 Å². The van der Waals surface area contributed by atoms with Crippen LogP contribution in [-0.4, -0.2) is 34.0 Å². The van der Waals surface area contributed by atoms with Crippen molar-refractivity contribution in [2.45, 2.75) is 18.9 Å². The van der Waals surface area contributed by atoms with E-state index in [1.807, 2.05) is 36.4 Å². The Balaban J connectivity index is 1.69. The van der Waals surface area contributed by atoms with E-state index in [9.17, 15) is 9.90 Å². The van der Waals surface area contributed by atoms with Gasteiger partial charge < -0.3 is 10.0 Å². The summed E-state index contributed by atoms with van der Waals surface area (Å²) in [5.74, 6) is 0.220. The second-order valence-electron chi connectivity index (χ2n) is 5.81. The van der Waals surface area contributed by atoms with Crippen LogP contribution in [0.5, 0.6) is 0 Å². The van der Waals surface area contributed by atoms with Crippen molar-refractivity contribution in [2.75, 3.05) is 13.2 Å². The zero-order valence-electron chi connectivity index (χ0n) is 12.7. The zero-order valence-corrected chi connectivity index (χ0v) is 13.5. The van der Waals surface area contributed by atoms with Gasteiger partial charge in [0, 0.05) is 36.4 Å². The molecule has 0 aliphatic heterocycles. The van der Waals surface area contributed by atoms with Crippen LogP contribution >= 0.6 is 11.6 Å². The number of carbonyl (C=O) groups is 1. The number of benzene rings is 1. The van der Waals surface area contributed by atoms with Gasteiger partial charge in [-0.2, -0.15) is 0 Å². The van der Waals surface area contributed by atoms with Crippen molar-refractivity contribution < 1.29 is 9.90 Å². The van der Waals surface area contributed by atoms with Crippen molar-refractivity contribution in [3.8, 4) is 0 Å². The molecule has 1 amide bonds. The lowest BCUT2D eigenvalue weighted by atomic mass is 10.1. The summed E-state index contributed by atoms with van der Waals surface area (Å²) in [5, 5.41) is 9.98. The molecule has 1 fully saturated rings. The Bertz CT molecular complexity index is 678. The number of rotatable bonds is 6. The van der Waals surface area contributed by atoms with Crippen LogP contribution in [0.1, 0.15) is 23.5 Å². The number of halogens is 1. The van der Waals surface area contributed by atoms with Gasteiger partial charge in [-0.1, -0.05) is 35.9 Å². The molecule has 1 heterocycles. The minimum atomic E-state index is -0.0461. The first-order chi connectivity index (χ1) is 11.2. The lowest BCUT2D eigenvalue weighted by Crippen LogP contribution is -2.34. The standard InChI is InChI=1S/C18H19ClN2O2/c19-17-6-2-1-5-14(17)15-10-16(15)18(23)21(8-9-22)12-13-4-3-7-20-11-13/h1-7,11,15-16,22H,8-10,12H2. The average Bonchev–Trinajstić information content (AvgIpc) is 3.36. The Morgan fingerprint density at radius 1 is 1.30 bits per heavy atom. The van der Waals surface area contributed by atoms with E-state index < -0.39 is 0 Å². The number of aliphatic hydroxyl groups excluding tert-OH is 1. The fourth-order valence-corrected chi connectivity index (χ4v) is 3.20. The second-order valence-corrected chi connectivity index (χ2v) is 6.22. The van der Waals surface area contributed by atoms with E-state index in [1.165, 1.54) is 0 Å². The summed E-state index contributed by atoms with van der Waals surface area (Å²) in [6.07, 6.45) is 4.27. The summed E-state index contributed by atoms with van der Waals surface area (Å²) in [5.41, 5.74) is 2.00. The summed E-state index contributed by atoms with van der Waals surface area (Å²) in [6, 6.07) is 11.5. The number of amides is 1. The first kappa shape index (κ1) is 16.0. The van der Waals surface area contributed by atoms with Gasteiger partial charge in [-0.15, -0.1) is 0 Å². The van der Waals surface area contributed by atoms with Crippen molar-refractivity contribution in [1.29, 1.82) is 0 Å². The van der Waals surface area contributed by atoms with E-state index in [0.29, 0.717) is 18.1 Å². The molecule has 1 N–H and O–H groups in total. The molecule has 4 nitrogen and oxygen atoms in total. The van der Waals surface area contributed by atoms with Gasteiger partial charge in [0.25, 0.3) is 0 Å². The predicted molar refractivity (Wildman–Crippen MR) is 89.0 cm³/mol. The Labute approximate surface area is 140 Å². The Kier molecular flexibility index (Phi) is 4.94. The van der Waals surface area contributed by atoms with E-state index in [4.69, 9.17) is 11.6 Å². The normalized spacial score (nSPS) is 19.4. The van der Waals surface area contributed by atoms with Gasteiger partial charge in [0.05, 0.1) is 6.61 Å². The number of pyridine rings is 1. The number of nitrogens with zero attached hydrogens (tertiary/aromatic N) is 2. The van der Waals surface area contributed by atoms with Gasteiger partial charge in [-0.3, -0.25) is 9.78 Å². The van der Waals surface area contributed by atoms with Crippen LogP contribution in [0, 0.1) is 5.92 Å². The quantitative estimate of drug-likeness (QED) is 0.886. The minimum absolute atomic E-state index is 0.0434. The molecular formula is C18H19ClN2O2. The molecule has 0 radical (unpaired) electrons. The van der Waals surface area contributed by atoms with E-state index in [-0.39, 0.29) is 24.3 Å². The van der Waals surface area contributed by atoms with Crippen molar-refractivity contribution in [2.24, 2.45) is 5.92 Å². The van der Waals surface area contributed by atoms with Gasteiger partial charge >= 0.3 is 0 Å². The van der Waals surface area contributed by atoms with Gasteiger partial charge in [0.15, 0.2) is 0 Å². The number of carbonyl (C=O) groups excluding carboxylic acids is 1. The molecule has 1 aliphatic carbocycles.